The maximum absolute atomic E-state index is 14.0. The van der Waals surface area contributed by atoms with Crippen LogP contribution in [0.1, 0.15) is 49.7 Å². The van der Waals surface area contributed by atoms with Crippen LogP contribution in [0.25, 0.3) is 0 Å². The number of nitrogens with one attached hydrogen (secondary N) is 1. The van der Waals surface area contributed by atoms with Crippen LogP contribution in [0.5, 0.6) is 0 Å². The quantitative estimate of drug-likeness (QED) is 0.885. The van der Waals surface area contributed by atoms with Crippen molar-refractivity contribution >= 4 is 11.6 Å². The van der Waals surface area contributed by atoms with Crippen molar-refractivity contribution in [3.63, 3.8) is 0 Å². The molecule has 1 atom stereocenters. The van der Waals surface area contributed by atoms with Crippen molar-refractivity contribution in [2.45, 2.75) is 56.0 Å². The van der Waals surface area contributed by atoms with Gasteiger partial charge < -0.3 is 10.2 Å². The Balaban J connectivity index is 1.62. The summed E-state index contributed by atoms with van der Waals surface area (Å²) in [6, 6.07) is 18.9. The van der Waals surface area contributed by atoms with Gasteiger partial charge in [-0.05, 0) is 43.0 Å². The molecule has 3 nitrogen and oxygen atoms in total. The average Bonchev–Trinajstić information content (AvgIpc) is 3.16. The molecule has 2 fully saturated rings. The van der Waals surface area contributed by atoms with Crippen LogP contribution in [0.2, 0.25) is 0 Å². The lowest BCUT2D eigenvalue weighted by molar-refractivity contribution is -0.125. The SMILES string of the molecule is O=C1N(Cc2ccccc2)c2ccccc2[C@]12CCNC21CCCCC1. The Morgan fingerprint density at radius 2 is 1.62 bits per heavy atom. The highest BCUT2D eigenvalue weighted by Gasteiger charge is 2.64. The third-order valence-electron chi connectivity index (χ3n) is 6.94. The number of benzene rings is 2. The maximum atomic E-state index is 14.0. The van der Waals surface area contributed by atoms with E-state index in [1.165, 1.54) is 30.4 Å². The van der Waals surface area contributed by atoms with E-state index in [0.29, 0.717) is 12.5 Å². The first kappa shape index (κ1) is 16.1. The minimum absolute atomic E-state index is 0.0517. The molecule has 1 saturated carbocycles. The zero-order chi connectivity index (χ0) is 17.6. The summed E-state index contributed by atoms with van der Waals surface area (Å²) >= 11 is 0. The molecule has 1 aliphatic carbocycles. The number of carbonyl (C=O) groups excluding carboxylic acids is 1. The van der Waals surface area contributed by atoms with Crippen molar-refractivity contribution in [2.75, 3.05) is 11.4 Å². The van der Waals surface area contributed by atoms with Gasteiger partial charge in [0, 0.05) is 11.2 Å². The molecule has 1 saturated heterocycles. The van der Waals surface area contributed by atoms with Crippen LogP contribution in [-0.2, 0) is 16.8 Å². The highest BCUT2D eigenvalue weighted by Crippen LogP contribution is 2.57. The Kier molecular flexibility index (Phi) is 3.68. The minimum Gasteiger partial charge on any atom is -0.310 e. The Morgan fingerprint density at radius 3 is 2.42 bits per heavy atom. The molecule has 2 heterocycles. The van der Waals surface area contributed by atoms with E-state index in [1.807, 2.05) is 11.0 Å². The molecule has 3 heteroatoms. The number of hydrogen-bond donors (Lipinski definition) is 1. The number of nitrogens with zero attached hydrogens (tertiary/aromatic N) is 1. The molecule has 2 spiro atoms. The molecule has 1 amide bonds. The van der Waals surface area contributed by atoms with Crippen LogP contribution in [0.4, 0.5) is 5.69 Å². The van der Waals surface area contributed by atoms with Gasteiger partial charge in [-0.15, -0.1) is 0 Å². The smallest absolute Gasteiger partial charge is 0.239 e. The molecule has 0 aromatic heterocycles. The van der Waals surface area contributed by atoms with E-state index >= 15 is 0 Å². The third-order valence-corrected chi connectivity index (χ3v) is 6.94. The Labute approximate surface area is 155 Å². The summed E-state index contributed by atoms with van der Waals surface area (Å²) in [6.45, 7) is 1.60. The fourth-order valence-electron chi connectivity index (χ4n) is 5.79. The highest BCUT2D eigenvalue weighted by atomic mass is 16.2. The van der Waals surface area contributed by atoms with Gasteiger partial charge in [0.2, 0.25) is 5.91 Å². The van der Waals surface area contributed by atoms with Crippen LogP contribution >= 0.6 is 0 Å². The summed E-state index contributed by atoms with van der Waals surface area (Å²) in [7, 11) is 0. The summed E-state index contributed by atoms with van der Waals surface area (Å²) < 4.78 is 0. The Hall–Kier alpha value is -2.13. The molecule has 2 aromatic rings. The van der Waals surface area contributed by atoms with Crippen LogP contribution in [0, 0.1) is 0 Å². The predicted molar refractivity (Wildman–Crippen MR) is 104 cm³/mol. The van der Waals surface area contributed by atoms with Gasteiger partial charge in [-0.25, -0.2) is 0 Å². The molecule has 0 unspecified atom stereocenters. The summed E-state index contributed by atoms with van der Waals surface area (Å²) in [6.07, 6.45) is 6.90. The fraction of sp³-hybridized carbons (Fsp3) is 0.435. The maximum Gasteiger partial charge on any atom is 0.239 e. The number of para-hydroxylation sites is 1. The molecule has 0 radical (unpaired) electrons. The first-order valence-electron chi connectivity index (χ1n) is 9.97. The van der Waals surface area contributed by atoms with Crippen molar-refractivity contribution in [3.8, 4) is 0 Å². The van der Waals surface area contributed by atoms with E-state index in [2.05, 4.69) is 53.8 Å². The Bertz CT molecular complexity index is 825. The topological polar surface area (TPSA) is 32.3 Å². The second kappa shape index (κ2) is 5.95. The van der Waals surface area contributed by atoms with Crippen molar-refractivity contribution in [1.82, 2.24) is 5.32 Å². The number of hydrogen-bond acceptors (Lipinski definition) is 2. The molecule has 5 rings (SSSR count). The zero-order valence-electron chi connectivity index (χ0n) is 15.2. The minimum atomic E-state index is -0.376. The lowest BCUT2D eigenvalue weighted by atomic mass is 9.61. The van der Waals surface area contributed by atoms with Gasteiger partial charge in [0.15, 0.2) is 0 Å². The molecular weight excluding hydrogens is 320 g/mol. The first-order chi connectivity index (χ1) is 12.8. The van der Waals surface area contributed by atoms with Crippen LogP contribution in [0.15, 0.2) is 54.6 Å². The average molecular weight is 346 g/mol. The van der Waals surface area contributed by atoms with Crippen LogP contribution in [-0.4, -0.2) is 18.0 Å². The lowest BCUT2D eigenvalue weighted by Crippen LogP contribution is -2.59. The fourth-order valence-corrected chi connectivity index (χ4v) is 5.79. The van der Waals surface area contributed by atoms with E-state index in [9.17, 15) is 4.79 Å². The largest absolute Gasteiger partial charge is 0.310 e. The molecule has 134 valence electrons. The molecular formula is C23H26N2O. The highest BCUT2D eigenvalue weighted by molar-refractivity contribution is 6.09. The van der Waals surface area contributed by atoms with Gasteiger partial charge in [-0.3, -0.25) is 4.79 Å². The lowest BCUT2D eigenvalue weighted by Gasteiger charge is -2.45. The molecule has 3 aliphatic rings. The molecule has 1 N–H and O–H groups in total. The van der Waals surface area contributed by atoms with Gasteiger partial charge in [-0.2, -0.15) is 0 Å². The number of amides is 1. The predicted octanol–water partition coefficient (Wildman–Crippen LogP) is 4.17. The van der Waals surface area contributed by atoms with Gasteiger partial charge in [0.1, 0.15) is 0 Å². The van der Waals surface area contributed by atoms with E-state index in [4.69, 9.17) is 0 Å². The normalized spacial score (nSPS) is 26.6. The van der Waals surface area contributed by atoms with Crippen LogP contribution in [0.3, 0.4) is 0 Å². The zero-order valence-corrected chi connectivity index (χ0v) is 15.2. The monoisotopic (exact) mass is 346 g/mol. The van der Waals surface area contributed by atoms with Gasteiger partial charge in [0.25, 0.3) is 0 Å². The van der Waals surface area contributed by atoms with Crippen molar-refractivity contribution in [1.29, 1.82) is 0 Å². The van der Waals surface area contributed by atoms with E-state index < -0.39 is 0 Å². The molecule has 2 aromatic carbocycles. The second-order valence-corrected chi connectivity index (χ2v) is 8.12. The third kappa shape index (κ3) is 2.07. The van der Waals surface area contributed by atoms with E-state index in [1.54, 1.807) is 0 Å². The standard InChI is InChI=1S/C23H26N2O/c26-21-23(15-16-24-22(23)13-7-2-8-14-22)19-11-5-6-12-20(19)25(21)17-18-9-3-1-4-10-18/h1,3-6,9-12,24H,2,7-8,13-17H2/t23-/m1/s1. The van der Waals surface area contributed by atoms with Crippen molar-refractivity contribution in [2.24, 2.45) is 0 Å². The summed E-state index contributed by atoms with van der Waals surface area (Å²) in [5.41, 5.74) is 3.14. The summed E-state index contributed by atoms with van der Waals surface area (Å²) in [5, 5.41) is 3.81. The summed E-state index contributed by atoms with van der Waals surface area (Å²) in [4.78, 5) is 16.0. The van der Waals surface area contributed by atoms with Gasteiger partial charge >= 0.3 is 0 Å². The molecule has 2 aliphatic heterocycles. The van der Waals surface area contributed by atoms with Crippen molar-refractivity contribution in [3.05, 3.63) is 65.7 Å². The Morgan fingerprint density at radius 1 is 0.885 bits per heavy atom. The van der Waals surface area contributed by atoms with Crippen molar-refractivity contribution < 1.29 is 4.79 Å². The number of carbonyl (C=O) groups is 1. The first-order valence-corrected chi connectivity index (χ1v) is 9.97. The number of anilines is 1. The molecule has 26 heavy (non-hydrogen) atoms. The van der Waals surface area contributed by atoms with E-state index in [-0.39, 0.29) is 11.0 Å². The van der Waals surface area contributed by atoms with Gasteiger partial charge in [-0.1, -0.05) is 67.8 Å². The second-order valence-electron chi connectivity index (χ2n) is 8.12. The number of fused-ring (bicyclic) bond motifs is 3. The van der Waals surface area contributed by atoms with Crippen LogP contribution < -0.4 is 10.2 Å². The number of rotatable bonds is 2. The molecule has 0 bridgehead atoms. The van der Waals surface area contributed by atoms with E-state index in [0.717, 1.165) is 31.5 Å². The van der Waals surface area contributed by atoms with Gasteiger partial charge in [0.05, 0.1) is 12.0 Å². The summed E-state index contributed by atoms with van der Waals surface area (Å²) in [5.74, 6) is 0.314.